The molecular weight excluding hydrogens is 340 g/mol. The van der Waals surface area contributed by atoms with Crippen molar-refractivity contribution in [2.75, 3.05) is 13.1 Å². The molecule has 0 saturated heterocycles. The molecule has 1 aliphatic rings. The quantitative estimate of drug-likeness (QED) is 0.847. The van der Waals surface area contributed by atoms with Crippen molar-refractivity contribution in [1.82, 2.24) is 4.31 Å². The highest BCUT2D eigenvalue weighted by molar-refractivity contribution is 9.10. The van der Waals surface area contributed by atoms with Gasteiger partial charge in [0.15, 0.2) is 0 Å². The molecule has 0 aliphatic heterocycles. The van der Waals surface area contributed by atoms with E-state index in [0.717, 1.165) is 24.0 Å². The van der Waals surface area contributed by atoms with Gasteiger partial charge in [0.1, 0.15) is 0 Å². The number of benzene rings is 1. The highest BCUT2D eigenvalue weighted by Gasteiger charge is 2.32. The van der Waals surface area contributed by atoms with Crippen molar-refractivity contribution in [3.63, 3.8) is 0 Å². The normalized spacial score (nSPS) is 15.8. The van der Waals surface area contributed by atoms with Crippen molar-refractivity contribution in [2.24, 2.45) is 11.7 Å². The minimum absolute atomic E-state index is 0.334. The van der Waals surface area contributed by atoms with Gasteiger partial charge in [-0.3, -0.25) is 0 Å². The highest BCUT2D eigenvalue weighted by atomic mass is 79.9. The van der Waals surface area contributed by atoms with E-state index < -0.39 is 10.0 Å². The monoisotopic (exact) mass is 360 g/mol. The highest BCUT2D eigenvalue weighted by Crippen LogP contribution is 2.34. The molecule has 1 aromatic carbocycles. The first-order valence-electron chi connectivity index (χ1n) is 6.89. The third kappa shape index (κ3) is 3.24. The molecule has 1 aromatic rings. The second-order valence-electron chi connectivity index (χ2n) is 5.33. The number of aryl methyl sites for hydroxylation is 1. The van der Waals surface area contributed by atoms with Crippen molar-refractivity contribution in [3.8, 4) is 0 Å². The largest absolute Gasteiger partial charge is 0.326 e. The van der Waals surface area contributed by atoms with Gasteiger partial charge in [0, 0.05) is 24.1 Å². The predicted molar refractivity (Wildman–Crippen MR) is 83.9 cm³/mol. The molecule has 2 rings (SSSR count). The first kappa shape index (κ1) is 15.9. The molecule has 20 heavy (non-hydrogen) atoms. The van der Waals surface area contributed by atoms with E-state index in [-0.39, 0.29) is 0 Å². The van der Waals surface area contributed by atoms with E-state index in [4.69, 9.17) is 5.73 Å². The Bertz CT molecular complexity index is 597. The van der Waals surface area contributed by atoms with Crippen LogP contribution in [0, 0.1) is 12.8 Å². The SMILES string of the molecule is CCN(CC1CC1)S(=O)(=O)c1cc(CN)cc(C)c1Br. The van der Waals surface area contributed by atoms with E-state index >= 15 is 0 Å². The standard InChI is InChI=1S/C14H21BrN2O2S/c1-3-17(9-11-4-5-11)20(18,19)13-7-12(8-16)6-10(2)14(13)15/h6-7,11H,3-5,8-9,16H2,1-2H3. The summed E-state index contributed by atoms with van der Waals surface area (Å²) in [6, 6.07) is 3.60. The Morgan fingerprint density at radius 2 is 2.05 bits per heavy atom. The van der Waals surface area contributed by atoms with E-state index in [9.17, 15) is 8.42 Å². The summed E-state index contributed by atoms with van der Waals surface area (Å²) in [7, 11) is -3.46. The maximum Gasteiger partial charge on any atom is 0.244 e. The van der Waals surface area contributed by atoms with Gasteiger partial charge in [0.2, 0.25) is 10.0 Å². The molecule has 1 fully saturated rings. The van der Waals surface area contributed by atoms with Crippen molar-refractivity contribution < 1.29 is 8.42 Å². The fourth-order valence-electron chi connectivity index (χ4n) is 2.24. The van der Waals surface area contributed by atoms with Crippen LogP contribution >= 0.6 is 15.9 Å². The summed E-state index contributed by atoms with van der Waals surface area (Å²) < 4.78 is 27.9. The molecule has 0 spiro atoms. The summed E-state index contributed by atoms with van der Waals surface area (Å²) in [6.07, 6.45) is 2.27. The molecule has 1 aliphatic carbocycles. The molecule has 0 atom stereocenters. The third-order valence-corrected chi connectivity index (χ3v) is 6.93. The number of rotatable bonds is 6. The molecule has 0 amide bonds. The first-order valence-corrected chi connectivity index (χ1v) is 9.12. The van der Waals surface area contributed by atoms with E-state index in [1.54, 1.807) is 10.4 Å². The summed E-state index contributed by atoms with van der Waals surface area (Å²) in [5.41, 5.74) is 7.39. The van der Waals surface area contributed by atoms with Crippen LogP contribution in [0.15, 0.2) is 21.5 Å². The van der Waals surface area contributed by atoms with Crippen LogP contribution in [0.3, 0.4) is 0 Å². The zero-order valence-corrected chi connectivity index (χ0v) is 14.3. The third-order valence-electron chi connectivity index (χ3n) is 3.65. The van der Waals surface area contributed by atoms with Gasteiger partial charge in [-0.1, -0.05) is 13.0 Å². The zero-order chi connectivity index (χ0) is 14.9. The summed E-state index contributed by atoms with van der Waals surface area (Å²) >= 11 is 3.41. The molecule has 0 radical (unpaired) electrons. The summed E-state index contributed by atoms with van der Waals surface area (Å²) in [5.74, 6) is 0.530. The lowest BCUT2D eigenvalue weighted by molar-refractivity contribution is 0.411. The van der Waals surface area contributed by atoms with Gasteiger partial charge in [0.25, 0.3) is 0 Å². The lowest BCUT2D eigenvalue weighted by Gasteiger charge is -2.22. The Hall–Kier alpha value is -0.430. The number of nitrogens with zero attached hydrogens (tertiary/aromatic N) is 1. The van der Waals surface area contributed by atoms with Crippen molar-refractivity contribution >= 4 is 26.0 Å². The average Bonchev–Trinajstić information content (AvgIpc) is 3.22. The van der Waals surface area contributed by atoms with Gasteiger partial charge in [0.05, 0.1) is 4.90 Å². The molecule has 1 saturated carbocycles. The van der Waals surface area contributed by atoms with Crippen LogP contribution in [0.5, 0.6) is 0 Å². The zero-order valence-electron chi connectivity index (χ0n) is 11.9. The van der Waals surface area contributed by atoms with Crippen LogP contribution in [0.1, 0.15) is 30.9 Å². The Labute approximate surface area is 129 Å². The van der Waals surface area contributed by atoms with Crippen LogP contribution in [0.4, 0.5) is 0 Å². The molecule has 0 aromatic heterocycles. The lowest BCUT2D eigenvalue weighted by atomic mass is 10.1. The van der Waals surface area contributed by atoms with Gasteiger partial charge in [-0.05, 0) is 58.8 Å². The van der Waals surface area contributed by atoms with E-state index in [1.807, 2.05) is 19.9 Å². The Balaban J connectivity index is 2.43. The predicted octanol–water partition coefficient (Wildman–Crippen LogP) is 2.64. The second kappa shape index (κ2) is 6.13. The summed E-state index contributed by atoms with van der Waals surface area (Å²) in [6.45, 7) is 5.23. The first-order chi connectivity index (χ1) is 9.40. The van der Waals surface area contributed by atoms with E-state index in [0.29, 0.717) is 34.9 Å². The minimum atomic E-state index is -3.46. The Morgan fingerprint density at radius 1 is 1.40 bits per heavy atom. The number of halogens is 1. The van der Waals surface area contributed by atoms with Crippen molar-refractivity contribution in [3.05, 3.63) is 27.7 Å². The topological polar surface area (TPSA) is 63.4 Å². The Kier molecular flexibility index (Phi) is 4.89. The molecule has 4 nitrogen and oxygen atoms in total. The van der Waals surface area contributed by atoms with Crippen molar-refractivity contribution in [1.29, 1.82) is 0 Å². The average molecular weight is 361 g/mol. The van der Waals surface area contributed by atoms with Crippen LogP contribution in [-0.4, -0.2) is 25.8 Å². The smallest absolute Gasteiger partial charge is 0.244 e. The Morgan fingerprint density at radius 3 is 2.55 bits per heavy atom. The molecule has 112 valence electrons. The van der Waals surface area contributed by atoms with Gasteiger partial charge in [-0.2, -0.15) is 4.31 Å². The second-order valence-corrected chi connectivity index (χ2v) is 8.03. The van der Waals surface area contributed by atoms with E-state index in [1.165, 1.54) is 0 Å². The maximum absolute atomic E-state index is 12.8. The number of nitrogens with two attached hydrogens (primary N) is 1. The van der Waals surface area contributed by atoms with Crippen LogP contribution in [0.2, 0.25) is 0 Å². The maximum atomic E-state index is 12.8. The molecule has 0 heterocycles. The number of hydrogen-bond donors (Lipinski definition) is 1. The fourth-order valence-corrected chi connectivity index (χ4v) is 4.79. The minimum Gasteiger partial charge on any atom is -0.326 e. The molecule has 0 unspecified atom stereocenters. The van der Waals surface area contributed by atoms with Crippen LogP contribution < -0.4 is 5.73 Å². The van der Waals surface area contributed by atoms with Crippen LogP contribution in [-0.2, 0) is 16.6 Å². The summed E-state index contributed by atoms with van der Waals surface area (Å²) in [4.78, 5) is 0.334. The molecular formula is C14H21BrN2O2S. The van der Waals surface area contributed by atoms with Crippen LogP contribution in [0.25, 0.3) is 0 Å². The number of hydrogen-bond acceptors (Lipinski definition) is 3. The number of sulfonamides is 1. The molecule has 6 heteroatoms. The van der Waals surface area contributed by atoms with Gasteiger partial charge in [-0.25, -0.2) is 8.42 Å². The van der Waals surface area contributed by atoms with Gasteiger partial charge in [-0.15, -0.1) is 0 Å². The van der Waals surface area contributed by atoms with Crippen molar-refractivity contribution in [2.45, 2.75) is 38.1 Å². The lowest BCUT2D eigenvalue weighted by Crippen LogP contribution is -2.33. The van der Waals surface area contributed by atoms with E-state index in [2.05, 4.69) is 15.9 Å². The molecule has 0 bridgehead atoms. The van der Waals surface area contributed by atoms with Gasteiger partial charge < -0.3 is 5.73 Å². The molecule has 2 N–H and O–H groups in total. The van der Waals surface area contributed by atoms with Gasteiger partial charge >= 0.3 is 0 Å². The fraction of sp³-hybridized carbons (Fsp3) is 0.571. The summed E-state index contributed by atoms with van der Waals surface area (Å²) in [5, 5.41) is 0.